The normalized spacial score (nSPS) is 16.0. The van der Waals surface area contributed by atoms with E-state index in [9.17, 15) is 0 Å². The number of hydrogen-bond acceptors (Lipinski definition) is 4. The Labute approximate surface area is 151 Å². The molecule has 0 spiro atoms. The third-order valence-electron chi connectivity index (χ3n) is 4.72. The number of anilines is 1. The van der Waals surface area contributed by atoms with Gasteiger partial charge in [0.05, 0.1) is 11.7 Å². The first kappa shape index (κ1) is 17.9. The third kappa shape index (κ3) is 5.05. The molecule has 0 saturated carbocycles. The summed E-state index contributed by atoms with van der Waals surface area (Å²) in [6, 6.07) is 4.36. The van der Waals surface area contributed by atoms with Gasteiger partial charge in [0.25, 0.3) is 0 Å². The molecular formula is C20H31N5. The minimum absolute atomic E-state index is 0.0331. The van der Waals surface area contributed by atoms with Gasteiger partial charge in [-0.3, -0.25) is 4.68 Å². The second kappa shape index (κ2) is 8.00. The first-order valence-corrected chi connectivity index (χ1v) is 9.47. The minimum atomic E-state index is 0.0331. The van der Waals surface area contributed by atoms with Crippen molar-refractivity contribution in [1.29, 1.82) is 0 Å². The predicted octanol–water partition coefficient (Wildman–Crippen LogP) is 3.70. The zero-order chi connectivity index (χ0) is 17.7. The SMILES string of the molecule is CC(C)(C)n1cc(CNCc2ccc(N3CCCCCC3)nc2)cn1. The van der Waals surface area contributed by atoms with Crippen LogP contribution in [0.4, 0.5) is 5.82 Å². The van der Waals surface area contributed by atoms with Crippen LogP contribution in [0.2, 0.25) is 0 Å². The van der Waals surface area contributed by atoms with Gasteiger partial charge in [0.2, 0.25) is 0 Å². The summed E-state index contributed by atoms with van der Waals surface area (Å²) in [5.41, 5.74) is 2.47. The molecule has 0 aliphatic carbocycles. The summed E-state index contributed by atoms with van der Waals surface area (Å²) in [5.74, 6) is 1.12. The van der Waals surface area contributed by atoms with Gasteiger partial charge in [-0.15, -0.1) is 0 Å². The molecule has 1 fully saturated rings. The van der Waals surface area contributed by atoms with Gasteiger partial charge < -0.3 is 10.2 Å². The highest BCUT2D eigenvalue weighted by atomic mass is 15.3. The quantitative estimate of drug-likeness (QED) is 0.901. The molecule has 1 aliphatic rings. The molecule has 0 unspecified atom stereocenters. The van der Waals surface area contributed by atoms with Crippen molar-refractivity contribution in [2.75, 3.05) is 18.0 Å². The molecule has 0 radical (unpaired) electrons. The summed E-state index contributed by atoms with van der Waals surface area (Å²) in [6.45, 7) is 10.4. The summed E-state index contributed by atoms with van der Waals surface area (Å²) in [6.07, 6.45) is 11.3. The number of nitrogens with zero attached hydrogens (tertiary/aromatic N) is 4. The molecule has 136 valence electrons. The molecule has 2 aromatic rings. The van der Waals surface area contributed by atoms with Crippen molar-refractivity contribution in [2.45, 2.75) is 65.1 Å². The Morgan fingerprint density at radius 3 is 2.28 bits per heavy atom. The van der Waals surface area contributed by atoms with Crippen molar-refractivity contribution in [3.8, 4) is 0 Å². The zero-order valence-corrected chi connectivity index (χ0v) is 15.8. The van der Waals surface area contributed by atoms with Crippen molar-refractivity contribution in [3.63, 3.8) is 0 Å². The Morgan fingerprint density at radius 1 is 0.960 bits per heavy atom. The Hall–Kier alpha value is -1.88. The standard InChI is InChI=1S/C20H31N5/c1-20(2,3)25-16-18(15-23-25)13-21-12-17-8-9-19(22-14-17)24-10-6-4-5-7-11-24/h8-9,14-16,21H,4-7,10-13H2,1-3H3. The van der Waals surface area contributed by atoms with Crippen molar-refractivity contribution in [3.05, 3.63) is 41.9 Å². The van der Waals surface area contributed by atoms with E-state index in [0.717, 1.165) is 32.0 Å². The molecule has 0 bridgehead atoms. The van der Waals surface area contributed by atoms with Gasteiger partial charge in [-0.1, -0.05) is 18.9 Å². The topological polar surface area (TPSA) is 46.0 Å². The molecule has 3 rings (SSSR count). The number of aromatic nitrogens is 3. The van der Waals surface area contributed by atoms with Crippen LogP contribution in [-0.2, 0) is 18.6 Å². The lowest BCUT2D eigenvalue weighted by molar-refractivity contribution is 0.355. The maximum Gasteiger partial charge on any atom is 0.128 e. The van der Waals surface area contributed by atoms with Crippen LogP contribution in [0, 0.1) is 0 Å². The zero-order valence-electron chi connectivity index (χ0n) is 15.8. The molecule has 0 atom stereocenters. The van der Waals surface area contributed by atoms with E-state index in [0.29, 0.717) is 0 Å². The van der Waals surface area contributed by atoms with Gasteiger partial charge in [-0.2, -0.15) is 5.10 Å². The third-order valence-corrected chi connectivity index (χ3v) is 4.72. The Kier molecular flexibility index (Phi) is 5.74. The Bertz CT molecular complexity index is 645. The van der Waals surface area contributed by atoms with Gasteiger partial charge in [0, 0.05) is 44.1 Å². The molecule has 0 aromatic carbocycles. The molecule has 1 N–H and O–H groups in total. The summed E-state index contributed by atoms with van der Waals surface area (Å²) in [4.78, 5) is 7.10. The highest BCUT2D eigenvalue weighted by molar-refractivity contribution is 5.39. The van der Waals surface area contributed by atoms with Gasteiger partial charge in [-0.25, -0.2) is 4.98 Å². The highest BCUT2D eigenvalue weighted by Crippen LogP contribution is 2.17. The van der Waals surface area contributed by atoms with Crippen LogP contribution < -0.4 is 10.2 Å². The summed E-state index contributed by atoms with van der Waals surface area (Å²) in [7, 11) is 0. The number of nitrogens with one attached hydrogen (secondary N) is 1. The van der Waals surface area contributed by atoms with E-state index in [-0.39, 0.29) is 5.54 Å². The van der Waals surface area contributed by atoms with Gasteiger partial charge in [-0.05, 0) is 45.2 Å². The first-order chi connectivity index (χ1) is 12.0. The fourth-order valence-electron chi connectivity index (χ4n) is 3.18. The van der Waals surface area contributed by atoms with Crippen LogP contribution in [0.3, 0.4) is 0 Å². The monoisotopic (exact) mass is 341 g/mol. The second-order valence-electron chi connectivity index (χ2n) is 7.99. The van der Waals surface area contributed by atoms with Crippen LogP contribution in [0.5, 0.6) is 0 Å². The molecule has 0 amide bonds. The van der Waals surface area contributed by atoms with Gasteiger partial charge in [0.15, 0.2) is 0 Å². The molecular weight excluding hydrogens is 310 g/mol. The van der Waals surface area contributed by atoms with Crippen LogP contribution in [-0.4, -0.2) is 27.9 Å². The fourth-order valence-corrected chi connectivity index (χ4v) is 3.18. The number of rotatable bonds is 5. The van der Waals surface area contributed by atoms with E-state index in [1.807, 2.05) is 17.1 Å². The summed E-state index contributed by atoms with van der Waals surface area (Å²) < 4.78 is 2.02. The van der Waals surface area contributed by atoms with Crippen LogP contribution in [0.15, 0.2) is 30.7 Å². The van der Waals surface area contributed by atoms with E-state index in [1.54, 1.807) is 0 Å². The van der Waals surface area contributed by atoms with E-state index in [1.165, 1.54) is 36.8 Å². The van der Waals surface area contributed by atoms with Crippen LogP contribution >= 0.6 is 0 Å². The Morgan fingerprint density at radius 2 is 1.68 bits per heavy atom. The summed E-state index contributed by atoms with van der Waals surface area (Å²) in [5, 5.41) is 7.93. The van der Waals surface area contributed by atoms with Crippen LogP contribution in [0.25, 0.3) is 0 Å². The summed E-state index contributed by atoms with van der Waals surface area (Å²) >= 11 is 0. The minimum Gasteiger partial charge on any atom is -0.357 e. The maximum atomic E-state index is 4.68. The lowest BCUT2D eigenvalue weighted by Gasteiger charge is -2.21. The van der Waals surface area contributed by atoms with Crippen molar-refractivity contribution in [1.82, 2.24) is 20.1 Å². The van der Waals surface area contributed by atoms with Crippen molar-refractivity contribution >= 4 is 5.82 Å². The molecule has 3 heterocycles. The van der Waals surface area contributed by atoms with Crippen LogP contribution in [0.1, 0.15) is 57.6 Å². The van der Waals surface area contributed by atoms with Crippen molar-refractivity contribution in [2.24, 2.45) is 0 Å². The smallest absolute Gasteiger partial charge is 0.128 e. The maximum absolute atomic E-state index is 4.68. The molecule has 1 saturated heterocycles. The van der Waals surface area contributed by atoms with Crippen molar-refractivity contribution < 1.29 is 0 Å². The van der Waals surface area contributed by atoms with E-state index < -0.39 is 0 Å². The molecule has 1 aliphatic heterocycles. The van der Waals surface area contributed by atoms with E-state index in [2.05, 4.69) is 59.4 Å². The largest absolute Gasteiger partial charge is 0.357 e. The molecule has 25 heavy (non-hydrogen) atoms. The number of pyridine rings is 1. The number of hydrogen-bond donors (Lipinski definition) is 1. The fraction of sp³-hybridized carbons (Fsp3) is 0.600. The van der Waals surface area contributed by atoms with E-state index >= 15 is 0 Å². The lowest BCUT2D eigenvalue weighted by atomic mass is 10.1. The van der Waals surface area contributed by atoms with Gasteiger partial charge in [0.1, 0.15) is 5.82 Å². The average molecular weight is 342 g/mol. The van der Waals surface area contributed by atoms with E-state index in [4.69, 9.17) is 0 Å². The first-order valence-electron chi connectivity index (χ1n) is 9.47. The molecule has 5 heteroatoms. The Balaban J connectivity index is 1.49. The molecule has 5 nitrogen and oxygen atoms in total. The average Bonchev–Trinajstić information content (AvgIpc) is 2.90. The van der Waals surface area contributed by atoms with Gasteiger partial charge >= 0.3 is 0 Å². The predicted molar refractivity (Wildman–Crippen MR) is 103 cm³/mol. The lowest BCUT2D eigenvalue weighted by Crippen LogP contribution is -2.24. The second-order valence-corrected chi connectivity index (χ2v) is 7.99. The molecule has 2 aromatic heterocycles. The highest BCUT2D eigenvalue weighted by Gasteiger charge is 2.14.